The Morgan fingerprint density at radius 1 is 1.00 bits per heavy atom. The molecular weight excluding hydrogens is 362 g/mol. The quantitative estimate of drug-likeness (QED) is 0.498. The topological polar surface area (TPSA) is 63.4 Å². The van der Waals surface area contributed by atoms with Crippen molar-refractivity contribution in [1.29, 1.82) is 0 Å². The van der Waals surface area contributed by atoms with Crippen LogP contribution in [0.4, 0.5) is 5.82 Å². The van der Waals surface area contributed by atoms with Crippen molar-refractivity contribution in [3.8, 4) is 0 Å². The second-order valence-corrected chi connectivity index (χ2v) is 7.91. The molecule has 3 heterocycles. The molecule has 1 saturated heterocycles. The van der Waals surface area contributed by atoms with E-state index in [1.54, 1.807) is 0 Å². The van der Waals surface area contributed by atoms with Gasteiger partial charge in [0.1, 0.15) is 5.82 Å². The summed E-state index contributed by atoms with van der Waals surface area (Å²) in [4.78, 5) is 20.2. The first-order valence-electron chi connectivity index (χ1n) is 10.1. The number of carbonyl (C=O) groups is 1. The summed E-state index contributed by atoms with van der Waals surface area (Å²) in [5.41, 5.74) is 3.78. The molecular formula is C23H23N5O. The van der Waals surface area contributed by atoms with Gasteiger partial charge in [-0.3, -0.25) is 9.20 Å². The van der Waals surface area contributed by atoms with E-state index >= 15 is 0 Å². The van der Waals surface area contributed by atoms with E-state index in [0.29, 0.717) is 11.1 Å². The van der Waals surface area contributed by atoms with Gasteiger partial charge < -0.3 is 4.90 Å². The number of aryl methyl sites for hydroxylation is 1. The zero-order valence-electron chi connectivity index (χ0n) is 16.7. The standard InChI is InChI=1S/C23H23N5O/c1-15-10-12-27(13-11-15)22-23-26-25-16(2)28(23)20-14-18(8-9-19(20)24-22)21(29)17-6-4-3-5-7-17/h3-9,14-15H,10-13H2,1-2H3. The lowest BCUT2D eigenvalue weighted by atomic mass is 9.99. The number of benzene rings is 2. The van der Waals surface area contributed by atoms with Gasteiger partial charge in [0, 0.05) is 24.2 Å². The van der Waals surface area contributed by atoms with E-state index in [0.717, 1.165) is 60.2 Å². The number of aromatic nitrogens is 4. The molecule has 1 fully saturated rings. The van der Waals surface area contributed by atoms with Gasteiger partial charge in [-0.25, -0.2) is 4.98 Å². The van der Waals surface area contributed by atoms with Crippen LogP contribution in [0.3, 0.4) is 0 Å². The van der Waals surface area contributed by atoms with Crippen LogP contribution in [0.25, 0.3) is 16.7 Å². The Labute approximate surface area is 169 Å². The maximum Gasteiger partial charge on any atom is 0.204 e. The Kier molecular flexibility index (Phi) is 4.27. The van der Waals surface area contributed by atoms with Gasteiger partial charge in [0.2, 0.25) is 5.65 Å². The molecule has 0 spiro atoms. The number of anilines is 1. The highest BCUT2D eigenvalue weighted by Crippen LogP contribution is 2.29. The largest absolute Gasteiger partial charge is 0.353 e. The molecule has 0 aliphatic carbocycles. The van der Waals surface area contributed by atoms with Gasteiger partial charge in [-0.1, -0.05) is 37.3 Å². The minimum absolute atomic E-state index is 0.000437. The SMILES string of the molecule is Cc1nnc2c(N3CCC(C)CC3)nc3ccc(C(=O)c4ccccc4)cc3n12. The van der Waals surface area contributed by atoms with Crippen molar-refractivity contribution in [3.63, 3.8) is 0 Å². The first-order valence-corrected chi connectivity index (χ1v) is 10.1. The number of piperidine rings is 1. The molecule has 5 rings (SSSR count). The highest BCUT2D eigenvalue weighted by atomic mass is 16.1. The zero-order valence-corrected chi connectivity index (χ0v) is 16.7. The van der Waals surface area contributed by atoms with Gasteiger partial charge in [-0.2, -0.15) is 0 Å². The third-order valence-electron chi connectivity index (χ3n) is 5.85. The van der Waals surface area contributed by atoms with Crippen LogP contribution in [-0.2, 0) is 0 Å². The van der Waals surface area contributed by atoms with E-state index in [9.17, 15) is 4.79 Å². The first kappa shape index (κ1) is 17.8. The number of carbonyl (C=O) groups excluding carboxylic acids is 1. The normalized spacial score (nSPS) is 15.3. The number of nitrogens with zero attached hydrogens (tertiary/aromatic N) is 5. The van der Waals surface area contributed by atoms with Crippen LogP contribution in [0.5, 0.6) is 0 Å². The Hall–Kier alpha value is -3.28. The minimum atomic E-state index is 0.000437. The summed E-state index contributed by atoms with van der Waals surface area (Å²) < 4.78 is 2.03. The van der Waals surface area contributed by atoms with E-state index in [2.05, 4.69) is 22.0 Å². The molecule has 0 saturated carbocycles. The molecule has 146 valence electrons. The van der Waals surface area contributed by atoms with Gasteiger partial charge >= 0.3 is 0 Å². The first-order chi connectivity index (χ1) is 14.1. The average molecular weight is 385 g/mol. The Morgan fingerprint density at radius 2 is 1.76 bits per heavy atom. The Morgan fingerprint density at radius 3 is 2.52 bits per heavy atom. The fourth-order valence-corrected chi connectivity index (χ4v) is 4.09. The van der Waals surface area contributed by atoms with Crippen LogP contribution < -0.4 is 4.90 Å². The van der Waals surface area contributed by atoms with Gasteiger partial charge in [-0.15, -0.1) is 10.2 Å². The molecule has 4 aromatic rings. The van der Waals surface area contributed by atoms with E-state index in [4.69, 9.17) is 4.98 Å². The molecule has 6 nitrogen and oxygen atoms in total. The third-order valence-corrected chi connectivity index (χ3v) is 5.85. The molecule has 0 radical (unpaired) electrons. The molecule has 0 atom stereocenters. The Bertz CT molecular complexity index is 1210. The molecule has 0 unspecified atom stereocenters. The predicted molar refractivity (Wildman–Crippen MR) is 114 cm³/mol. The van der Waals surface area contributed by atoms with Crippen LogP contribution in [0.2, 0.25) is 0 Å². The lowest BCUT2D eigenvalue weighted by Crippen LogP contribution is -2.33. The number of hydrogen-bond acceptors (Lipinski definition) is 5. The molecule has 1 aliphatic rings. The predicted octanol–water partition coefficient (Wildman–Crippen LogP) is 4.05. The fourth-order valence-electron chi connectivity index (χ4n) is 4.09. The highest BCUT2D eigenvalue weighted by molar-refractivity contribution is 6.10. The molecule has 29 heavy (non-hydrogen) atoms. The molecule has 0 amide bonds. The van der Waals surface area contributed by atoms with Gasteiger partial charge in [0.25, 0.3) is 0 Å². The monoisotopic (exact) mass is 385 g/mol. The molecule has 2 aromatic heterocycles. The summed E-state index contributed by atoms with van der Waals surface area (Å²) in [5, 5.41) is 8.73. The highest BCUT2D eigenvalue weighted by Gasteiger charge is 2.23. The van der Waals surface area contributed by atoms with Crippen molar-refractivity contribution in [2.45, 2.75) is 26.7 Å². The number of hydrogen-bond donors (Lipinski definition) is 0. The lowest BCUT2D eigenvalue weighted by molar-refractivity contribution is 0.103. The summed E-state index contributed by atoms with van der Waals surface area (Å²) in [6, 6.07) is 15.0. The summed E-state index contributed by atoms with van der Waals surface area (Å²) in [6.45, 7) is 6.19. The second-order valence-electron chi connectivity index (χ2n) is 7.91. The summed E-state index contributed by atoms with van der Waals surface area (Å²) in [5.74, 6) is 2.42. The number of rotatable bonds is 3. The summed E-state index contributed by atoms with van der Waals surface area (Å²) in [7, 11) is 0. The molecule has 1 aliphatic heterocycles. The van der Waals surface area contributed by atoms with Crippen molar-refractivity contribution >= 4 is 28.3 Å². The molecule has 0 bridgehead atoms. The van der Waals surface area contributed by atoms with E-state index in [-0.39, 0.29) is 5.78 Å². The molecule has 0 N–H and O–H groups in total. The van der Waals surface area contributed by atoms with Gasteiger partial charge in [0.15, 0.2) is 11.6 Å². The zero-order chi connectivity index (χ0) is 20.0. The van der Waals surface area contributed by atoms with Crippen molar-refractivity contribution in [2.75, 3.05) is 18.0 Å². The van der Waals surface area contributed by atoms with Gasteiger partial charge in [0.05, 0.1) is 11.0 Å². The molecule has 6 heteroatoms. The third kappa shape index (κ3) is 3.05. The van der Waals surface area contributed by atoms with Crippen LogP contribution in [-0.4, -0.2) is 38.5 Å². The van der Waals surface area contributed by atoms with Gasteiger partial charge in [-0.05, 0) is 43.9 Å². The lowest BCUT2D eigenvalue weighted by Gasteiger charge is -2.31. The molecule has 2 aromatic carbocycles. The minimum Gasteiger partial charge on any atom is -0.353 e. The van der Waals surface area contributed by atoms with E-state index in [1.807, 2.05) is 59.9 Å². The van der Waals surface area contributed by atoms with Crippen LogP contribution >= 0.6 is 0 Å². The van der Waals surface area contributed by atoms with Crippen LogP contribution in [0, 0.1) is 12.8 Å². The summed E-state index contributed by atoms with van der Waals surface area (Å²) in [6.07, 6.45) is 2.31. The fraction of sp³-hybridized carbons (Fsp3) is 0.304. The van der Waals surface area contributed by atoms with Crippen LogP contribution in [0.1, 0.15) is 41.5 Å². The average Bonchev–Trinajstić information content (AvgIpc) is 3.15. The smallest absolute Gasteiger partial charge is 0.204 e. The van der Waals surface area contributed by atoms with Crippen molar-refractivity contribution < 1.29 is 4.79 Å². The van der Waals surface area contributed by atoms with Crippen LogP contribution in [0.15, 0.2) is 48.5 Å². The van der Waals surface area contributed by atoms with E-state index in [1.165, 1.54) is 0 Å². The number of fused-ring (bicyclic) bond motifs is 3. The second kappa shape index (κ2) is 6.95. The Balaban J connectivity index is 1.65. The maximum atomic E-state index is 12.9. The van der Waals surface area contributed by atoms with Crippen molar-refractivity contribution in [2.24, 2.45) is 5.92 Å². The maximum absolute atomic E-state index is 12.9. The number of ketones is 1. The summed E-state index contributed by atoms with van der Waals surface area (Å²) >= 11 is 0. The van der Waals surface area contributed by atoms with Crippen molar-refractivity contribution in [1.82, 2.24) is 19.6 Å². The van der Waals surface area contributed by atoms with Crippen molar-refractivity contribution in [3.05, 3.63) is 65.5 Å². The van der Waals surface area contributed by atoms with E-state index < -0.39 is 0 Å².